The van der Waals surface area contributed by atoms with Gasteiger partial charge in [-0.1, -0.05) is 6.07 Å². The second-order valence-electron chi connectivity index (χ2n) is 5.17. The Morgan fingerprint density at radius 2 is 1.89 bits per heavy atom. The van der Waals surface area contributed by atoms with Crippen LogP contribution in [-0.4, -0.2) is 37.1 Å². The monoisotopic (exact) mass is 268 g/mol. The van der Waals surface area contributed by atoms with Crippen LogP contribution in [0.2, 0.25) is 0 Å². The molecule has 1 heterocycles. The third-order valence-electron chi connectivity index (χ3n) is 3.88. The predicted molar refractivity (Wildman–Crippen MR) is 72.8 cm³/mol. The summed E-state index contributed by atoms with van der Waals surface area (Å²) in [5, 5.41) is 0. The molecule has 1 aliphatic heterocycles. The first-order valence-electron chi connectivity index (χ1n) is 6.61. The summed E-state index contributed by atoms with van der Waals surface area (Å²) in [6.45, 7) is 3.96. The summed E-state index contributed by atoms with van der Waals surface area (Å²) in [5.74, 6) is 0.222. The first-order chi connectivity index (χ1) is 8.78. The van der Waals surface area contributed by atoms with Crippen molar-refractivity contribution in [1.29, 1.82) is 0 Å². The lowest BCUT2D eigenvalue weighted by Gasteiger charge is -2.36. The first kappa shape index (κ1) is 12.2. The number of alkyl halides is 1. The van der Waals surface area contributed by atoms with Crippen molar-refractivity contribution in [1.82, 2.24) is 4.90 Å². The summed E-state index contributed by atoms with van der Waals surface area (Å²) in [5.41, 5.74) is 1.56. The molecule has 0 radical (unpaired) electrons. The maximum absolute atomic E-state index is 14.0. The molecule has 0 aromatic heterocycles. The molecule has 1 aromatic carbocycles. The van der Waals surface area contributed by atoms with E-state index < -0.39 is 0 Å². The topological polar surface area (TPSA) is 6.48 Å². The molecule has 1 aromatic rings. The molecule has 1 saturated heterocycles. The van der Waals surface area contributed by atoms with Crippen molar-refractivity contribution in [3.8, 4) is 0 Å². The van der Waals surface area contributed by atoms with Crippen LogP contribution in [0.15, 0.2) is 18.2 Å². The SMILES string of the molecule is Fc1cc(CCl)ccc1N1CCN(C2CC2)CC1. The van der Waals surface area contributed by atoms with E-state index in [2.05, 4.69) is 9.80 Å². The summed E-state index contributed by atoms with van der Waals surface area (Å²) in [6, 6.07) is 6.14. The minimum absolute atomic E-state index is 0.145. The highest BCUT2D eigenvalue weighted by Crippen LogP contribution is 2.29. The number of benzene rings is 1. The maximum atomic E-state index is 14.0. The molecule has 2 nitrogen and oxygen atoms in total. The van der Waals surface area contributed by atoms with E-state index in [4.69, 9.17) is 11.6 Å². The van der Waals surface area contributed by atoms with Crippen LogP contribution >= 0.6 is 11.6 Å². The van der Waals surface area contributed by atoms with Crippen LogP contribution in [0.3, 0.4) is 0 Å². The highest BCUT2D eigenvalue weighted by Gasteiger charge is 2.31. The van der Waals surface area contributed by atoms with Crippen LogP contribution in [0.1, 0.15) is 18.4 Å². The van der Waals surface area contributed by atoms with Crippen molar-refractivity contribution in [3.63, 3.8) is 0 Å². The Kier molecular flexibility index (Phi) is 3.44. The third kappa shape index (κ3) is 2.47. The van der Waals surface area contributed by atoms with Crippen LogP contribution in [0, 0.1) is 5.82 Å². The molecule has 1 aliphatic carbocycles. The van der Waals surface area contributed by atoms with E-state index in [1.807, 2.05) is 12.1 Å². The van der Waals surface area contributed by atoms with Gasteiger partial charge in [-0.05, 0) is 30.5 Å². The second kappa shape index (κ2) is 5.06. The van der Waals surface area contributed by atoms with E-state index in [1.54, 1.807) is 6.07 Å². The van der Waals surface area contributed by atoms with E-state index in [0.29, 0.717) is 5.88 Å². The van der Waals surface area contributed by atoms with Crippen molar-refractivity contribution in [2.24, 2.45) is 0 Å². The lowest BCUT2D eigenvalue weighted by Crippen LogP contribution is -2.47. The van der Waals surface area contributed by atoms with Crippen LogP contribution < -0.4 is 4.90 Å². The Labute approximate surface area is 112 Å². The van der Waals surface area contributed by atoms with Crippen molar-refractivity contribution in [2.45, 2.75) is 24.8 Å². The molecule has 2 fully saturated rings. The van der Waals surface area contributed by atoms with Gasteiger partial charge in [0.15, 0.2) is 0 Å². The summed E-state index contributed by atoms with van der Waals surface area (Å²) in [6.07, 6.45) is 2.69. The minimum Gasteiger partial charge on any atom is -0.367 e. The average Bonchev–Trinajstić information content (AvgIpc) is 3.23. The first-order valence-corrected chi connectivity index (χ1v) is 7.15. The molecule has 1 saturated carbocycles. The number of piperazine rings is 1. The molecule has 0 N–H and O–H groups in total. The van der Waals surface area contributed by atoms with Crippen molar-refractivity contribution in [3.05, 3.63) is 29.6 Å². The van der Waals surface area contributed by atoms with Gasteiger partial charge < -0.3 is 4.90 Å². The fourth-order valence-electron chi connectivity index (χ4n) is 2.66. The van der Waals surface area contributed by atoms with Gasteiger partial charge in [-0.3, -0.25) is 4.90 Å². The molecule has 4 heteroatoms. The highest BCUT2D eigenvalue weighted by atomic mass is 35.5. The summed E-state index contributed by atoms with van der Waals surface area (Å²) < 4.78 is 14.0. The van der Waals surface area contributed by atoms with Gasteiger partial charge in [0.1, 0.15) is 5.82 Å². The zero-order valence-corrected chi connectivity index (χ0v) is 11.2. The van der Waals surface area contributed by atoms with Crippen molar-refractivity contribution < 1.29 is 4.39 Å². The van der Waals surface area contributed by atoms with Crippen molar-refractivity contribution >= 4 is 17.3 Å². The lowest BCUT2D eigenvalue weighted by atomic mass is 10.2. The molecule has 3 rings (SSSR count). The van der Waals surface area contributed by atoms with Crippen molar-refractivity contribution in [2.75, 3.05) is 31.1 Å². The zero-order chi connectivity index (χ0) is 12.5. The number of rotatable bonds is 3. The van der Waals surface area contributed by atoms with Crippen LogP contribution in [-0.2, 0) is 5.88 Å². The fraction of sp³-hybridized carbons (Fsp3) is 0.571. The van der Waals surface area contributed by atoms with Gasteiger partial charge in [-0.25, -0.2) is 4.39 Å². The number of hydrogen-bond acceptors (Lipinski definition) is 2. The maximum Gasteiger partial charge on any atom is 0.146 e. The average molecular weight is 269 g/mol. The van der Waals surface area contributed by atoms with Gasteiger partial charge in [-0.15, -0.1) is 11.6 Å². The smallest absolute Gasteiger partial charge is 0.146 e. The van der Waals surface area contributed by atoms with E-state index >= 15 is 0 Å². The molecule has 18 heavy (non-hydrogen) atoms. The highest BCUT2D eigenvalue weighted by molar-refractivity contribution is 6.17. The van der Waals surface area contributed by atoms with Crippen LogP contribution in [0.4, 0.5) is 10.1 Å². The summed E-state index contributed by atoms with van der Waals surface area (Å²) >= 11 is 5.71. The standard InChI is InChI=1S/C14H18ClFN2/c15-10-11-1-4-14(13(16)9-11)18-7-5-17(6-8-18)12-2-3-12/h1,4,9,12H,2-3,5-8,10H2. The molecule has 0 bridgehead atoms. The van der Waals surface area contributed by atoms with Gasteiger partial charge in [0.25, 0.3) is 0 Å². The predicted octanol–water partition coefficient (Wildman–Crippen LogP) is 2.85. The summed E-state index contributed by atoms with van der Waals surface area (Å²) in [7, 11) is 0. The molecule has 98 valence electrons. The Bertz CT molecular complexity index is 426. The Morgan fingerprint density at radius 3 is 2.44 bits per heavy atom. The van der Waals surface area contributed by atoms with E-state index in [0.717, 1.165) is 43.5 Å². The normalized spacial score (nSPS) is 21.3. The van der Waals surface area contributed by atoms with Crippen LogP contribution in [0.5, 0.6) is 0 Å². The van der Waals surface area contributed by atoms with Gasteiger partial charge in [0.2, 0.25) is 0 Å². The molecular formula is C14H18ClFN2. The molecule has 0 atom stereocenters. The molecule has 0 amide bonds. The summed E-state index contributed by atoms with van der Waals surface area (Å²) in [4.78, 5) is 4.67. The van der Waals surface area contributed by atoms with Gasteiger partial charge in [0.05, 0.1) is 5.69 Å². The molecule has 0 spiro atoms. The molecular weight excluding hydrogens is 251 g/mol. The molecule has 0 unspecified atom stereocenters. The van der Waals surface area contributed by atoms with E-state index in [9.17, 15) is 4.39 Å². The largest absolute Gasteiger partial charge is 0.367 e. The Hall–Kier alpha value is -0.800. The number of hydrogen-bond donors (Lipinski definition) is 0. The fourth-order valence-corrected chi connectivity index (χ4v) is 2.82. The van der Waals surface area contributed by atoms with Gasteiger partial charge in [0, 0.05) is 38.1 Å². The Balaban J connectivity index is 1.68. The number of anilines is 1. The zero-order valence-electron chi connectivity index (χ0n) is 10.4. The van der Waals surface area contributed by atoms with Crippen LogP contribution in [0.25, 0.3) is 0 Å². The van der Waals surface area contributed by atoms with E-state index in [-0.39, 0.29) is 5.82 Å². The quantitative estimate of drug-likeness (QED) is 0.778. The number of halogens is 2. The Morgan fingerprint density at radius 1 is 1.17 bits per heavy atom. The van der Waals surface area contributed by atoms with E-state index in [1.165, 1.54) is 12.8 Å². The molecule has 2 aliphatic rings. The van der Waals surface area contributed by atoms with Gasteiger partial charge in [-0.2, -0.15) is 0 Å². The lowest BCUT2D eigenvalue weighted by molar-refractivity contribution is 0.247. The number of nitrogens with zero attached hydrogens (tertiary/aromatic N) is 2. The third-order valence-corrected chi connectivity index (χ3v) is 4.19. The van der Waals surface area contributed by atoms with Gasteiger partial charge >= 0.3 is 0 Å². The minimum atomic E-state index is -0.145. The second-order valence-corrected chi connectivity index (χ2v) is 5.44.